The Bertz CT molecular complexity index is 886. The van der Waals surface area contributed by atoms with Crippen molar-refractivity contribution in [3.05, 3.63) is 73.9 Å². The Hall–Kier alpha value is -1.53. The van der Waals surface area contributed by atoms with Gasteiger partial charge in [-0.3, -0.25) is 0 Å². The van der Waals surface area contributed by atoms with Crippen LogP contribution in [-0.2, 0) is 12.8 Å². The van der Waals surface area contributed by atoms with Crippen molar-refractivity contribution in [2.75, 3.05) is 11.9 Å². The molecular weight excluding hydrogens is 445 g/mol. The largest absolute Gasteiger partial charge is 0.370 e. The summed E-state index contributed by atoms with van der Waals surface area (Å²) in [6, 6.07) is 16.5. The quantitative estimate of drug-likeness (QED) is 0.522. The van der Waals surface area contributed by atoms with E-state index >= 15 is 0 Å². The van der Waals surface area contributed by atoms with E-state index in [1.165, 1.54) is 22.0 Å². The number of anilines is 1. The van der Waals surface area contributed by atoms with Crippen LogP contribution < -0.4 is 5.32 Å². The number of nitrogens with one attached hydrogen (secondary N) is 1. The Balaban J connectivity index is 1.79. The molecule has 0 radical (unpaired) electrons. The summed E-state index contributed by atoms with van der Waals surface area (Å²) >= 11 is 8.71. The van der Waals surface area contributed by atoms with Crippen LogP contribution in [0.25, 0.3) is 5.69 Å². The van der Waals surface area contributed by atoms with Gasteiger partial charge in [-0.25, -0.2) is 4.68 Å². The van der Waals surface area contributed by atoms with E-state index < -0.39 is 0 Å². The number of hydrogen-bond acceptors (Lipinski definition) is 2. The van der Waals surface area contributed by atoms with Gasteiger partial charge >= 0.3 is 0 Å². The molecule has 3 aromatic rings. The zero-order valence-electron chi connectivity index (χ0n) is 13.8. The number of rotatable bonds is 3. The highest BCUT2D eigenvalue weighted by Crippen LogP contribution is 2.30. The third-order valence-electron chi connectivity index (χ3n) is 4.60. The van der Waals surface area contributed by atoms with Gasteiger partial charge < -0.3 is 5.32 Å². The molecule has 0 spiro atoms. The molecule has 4 rings (SSSR count). The fraction of sp³-hybridized carbons (Fsp3) is 0.250. The van der Waals surface area contributed by atoms with Crippen LogP contribution in [-0.4, -0.2) is 16.3 Å². The first-order chi connectivity index (χ1) is 12.2. The number of hydrogen-bond donors (Lipinski definition) is 1. The Kier molecular flexibility index (Phi) is 4.99. The van der Waals surface area contributed by atoms with Gasteiger partial charge in [-0.1, -0.05) is 29.8 Å². The van der Waals surface area contributed by atoms with Crippen molar-refractivity contribution in [1.29, 1.82) is 0 Å². The summed E-state index contributed by atoms with van der Waals surface area (Å²) in [4.78, 5) is 0. The van der Waals surface area contributed by atoms with Crippen LogP contribution >= 0.6 is 34.2 Å². The lowest BCUT2D eigenvalue weighted by Gasteiger charge is -2.09. The third kappa shape index (κ3) is 3.55. The molecule has 0 amide bonds. The summed E-state index contributed by atoms with van der Waals surface area (Å²) in [5.74, 6) is 1.14. The topological polar surface area (TPSA) is 29.9 Å². The van der Waals surface area contributed by atoms with Gasteiger partial charge in [0.15, 0.2) is 0 Å². The van der Waals surface area contributed by atoms with Crippen molar-refractivity contribution < 1.29 is 0 Å². The molecule has 2 aromatic carbocycles. The molecular formula is C20H19ClIN3. The Morgan fingerprint density at radius 2 is 1.88 bits per heavy atom. The van der Waals surface area contributed by atoms with E-state index in [9.17, 15) is 0 Å². The Morgan fingerprint density at radius 1 is 1.08 bits per heavy atom. The van der Waals surface area contributed by atoms with Gasteiger partial charge in [0.2, 0.25) is 0 Å². The average Bonchev–Trinajstić information content (AvgIpc) is 2.80. The summed E-state index contributed by atoms with van der Waals surface area (Å²) in [5.41, 5.74) is 4.67. The van der Waals surface area contributed by atoms with Crippen molar-refractivity contribution in [3.63, 3.8) is 0 Å². The number of aromatic nitrogens is 2. The van der Waals surface area contributed by atoms with E-state index in [-0.39, 0.29) is 0 Å². The minimum Gasteiger partial charge on any atom is -0.370 e. The zero-order valence-corrected chi connectivity index (χ0v) is 16.7. The Labute approximate surface area is 166 Å². The average molecular weight is 464 g/mol. The van der Waals surface area contributed by atoms with Crippen LogP contribution in [0.15, 0.2) is 48.5 Å². The molecule has 25 heavy (non-hydrogen) atoms. The Morgan fingerprint density at radius 3 is 2.68 bits per heavy atom. The first kappa shape index (κ1) is 16.9. The maximum Gasteiger partial charge on any atom is 0.133 e. The summed E-state index contributed by atoms with van der Waals surface area (Å²) in [6.07, 6.45) is 4.20. The maximum atomic E-state index is 6.38. The predicted octanol–water partition coefficient (Wildman–Crippen LogP) is 5.47. The van der Waals surface area contributed by atoms with E-state index in [2.05, 4.69) is 62.9 Å². The SMILES string of the molecule is Clc1ccccc1Cc1nn(-c2ccc(I)cc2)c2c1CCCCN2. The molecule has 0 fully saturated rings. The molecule has 1 aromatic heterocycles. The van der Waals surface area contributed by atoms with E-state index in [0.29, 0.717) is 0 Å². The lowest BCUT2D eigenvalue weighted by Crippen LogP contribution is -2.07. The molecule has 0 unspecified atom stereocenters. The van der Waals surface area contributed by atoms with Crippen LogP contribution in [0.3, 0.4) is 0 Å². The highest BCUT2D eigenvalue weighted by molar-refractivity contribution is 14.1. The second-order valence-corrected chi connectivity index (χ2v) is 7.97. The molecule has 0 aliphatic carbocycles. The first-order valence-corrected chi connectivity index (χ1v) is 10.0. The molecule has 0 saturated carbocycles. The van der Waals surface area contributed by atoms with Gasteiger partial charge in [-0.15, -0.1) is 0 Å². The van der Waals surface area contributed by atoms with Crippen LogP contribution in [0.2, 0.25) is 5.02 Å². The molecule has 1 aliphatic rings. The molecule has 1 aliphatic heterocycles. The molecule has 3 nitrogen and oxygen atoms in total. The second kappa shape index (κ2) is 7.38. The van der Waals surface area contributed by atoms with E-state index in [4.69, 9.17) is 16.7 Å². The van der Waals surface area contributed by atoms with Crippen molar-refractivity contribution >= 4 is 40.0 Å². The fourth-order valence-corrected chi connectivity index (χ4v) is 3.87. The number of benzene rings is 2. The maximum absolute atomic E-state index is 6.38. The van der Waals surface area contributed by atoms with Crippen LogP contribution in [0.5, 0.6) is 0 Å². The molecule has 0 bridgehead atoms. The zero-order chi connectivity index (χ0) is 17.2. The lowest BCUT2D eigenvalue weighted by atomic mass is 10.0. The number of nitrogens with zero attached hydrogens (tertiary/aromatic N) is 2. The minimum absolute atomic E-state index is 0.765. The highest BCUT2D eigenvalue weighted by atomic mass is 127. The van der Waals surface area contributed by atoms with Gasteiger partial charge in [0.1, 0.15) is 5.82 Å². The van der Waals surface area contributed by atoms with Gasteiger partial charge in [-0.2, -0.15) is 5.10 Å². The van der Waals surface area contributed by atoms with Crippen molar-refractivity contribution in [2.24, 2.45) is 0 Å². The second-order valence-electron chi connectivity index (χ2n) is 6.31. The number of fused-ring (bicyclic) bond motifs is 1. The highest BCUT2D eigenvalue weighted by Gasteiger charge is 2.21. The van der Waals surface area contributed by atoms with Crippen LogP contribution in [0, 0.1) is 3.57 Å². The van der Waals surface area contributed by atoms with Gasteiger partial charge in [0, 0.05) is 27.1 Å². The van der Waals surface area contributed by atoms with Crippen LogP contribution in [0.4, 0.5) is 5.82 Å². The fourth-order valence-electron chi connectivity index (χ4n) is 3.31. The monoisotopic (exact) mass is 463 g/mol. The van der Waals surface area contributed by atoms with E-state index in [1.54, 1.807) is 0 Å². The molecule has 0 atom stereocenters. The van der Waals surface area contributed by atoms with Crippen molar-refractivity contribution in [3.8, 4) is 5.69 Å². The predicted molar refractivity (Wildman–Crippen MR) is 112 cm³/mol. The van der Waals surface area contributed by atoms with Crippen molar-refractivity contribution in [2.45, 2.75) is 25.7 Å². The molecule has 2 heterocycles. The minimum atomic E-state index is 0.765. The molecule has 1 N–H and O–H groups in total. The lowest BCUT2D eigenvalue weighted by molar-refractivity contribution is 0.767. The van der Waals surface area contributed by atoms with Gasteiger partial charge in [0.25, 0.3) is 0 Å². The molecule has 0 saturated heterocycles. The third-order valence-corrected chi connectivity index (χ3v) is 5.69. The molecule has 128 valence electrons. The van der Waals surface area contributed by atoms with Gasteiger partial charge in [-0.05, 0) is 77.7 Å². The summed E-state index contributed by atoms with van der Waals surface area (Å²) in [7, 11) is 0. The van der Waals surface area contributed by atoms with E-state index in [0.717, 1.165) is 47.2 Å². The smallest absolute Gasteiger partial charge is 0.133 e. The normalized spacial score (nSPS) is 13.8. The van der Waals surface area contributed by atoms with E-state index in [1.807, 2.05) is 18.2 Å². The summed E-state index contributed by atoms with van der Waals surface area (Å²) in [6.45, 7) is 0.995. The standard InChI is InChI=1S/C20H19ClIN3/c21-18-7-2-1-5-14(18)13-19-17-6-3-4-12-23-20(17)25(24-19)16-10-8-15(22)9-11-16/h1-2,5,7-11,23H,3-4,6,12-13H2. The summed E-state index contributed by atoms with van der Waals surface area (Å²) in [5, 5.41) is 9.36. The van der Waals surface area contributed by atoms with Crippen molar-refractivity contribution in [1.82, 2.24) is 9.78 Å². The summed E-state index contributed by atoms with van der Waals surface area (Å²) < 4.78 is 3.28. The van der Waals surface area contributed by atoms with Crippen LogP contribution in [0.1, 0.15) is 29.7 Å². The molecule has 5 heteroatoms. The number of halogens is 2. The first-order valence-electron chi connectivity index (χ1n) is 8.56. The van der Waals surface area contributed by atoms with Gasteiger partial charge in [0.05, 0.1) is 11.4 Å².